The number of ether oxygens (including phenoxy) is 2. The summed E-state index contributed by atoms with van der Waals surface area (Å²) in [6, 6.07) is 14.4. The highest BCUT2D eigenvalue weighted by molar-refractivity contribution is 5.92. The zero-order chi connectivity index (χ0) is 18.4. The molecule has 26 heavy (non-hydrogen) atoms. The minimum Gasteiger partial charge on any atom is -0.488 e. The Bertz CT molecular complexity index is 768. The number of hydrogen-bond donors (Lipinski definition) is 2. The van der Waals surface area contributed by atoms with Gasteiger partial charge in [-0.15, -0.1) is 0 Å². The van der Waals surface area contributed by atoms with Crippen LogP contribution in [0.4, 0.5) is 5.69 Å². The predicted molar refractivity (Wildman–Crippen MR) is 106 cm³/mol. The maximum atomic E-state index is 6.11. The van der Waals surface area contributed by atoms with Crippen molar-refractivity contribution in [1.82, 2.24) is 0 Å². The van der Waals surface area contributed by atoms with E-state index in [9.17, 15) is 0 Å². The van der Waals surface area contributed by atoms with Crippen molar-refractivity contribution in [2.75, 3.05) is 18.5 Å². The van der Waals surface area contributed by atoms with E-state index in [1.54, 1.807) is 0 Å². The SMILES string of the molecule is CCc1cccc(NC(N)=NCc2ccc(C)cc2OC2CCOC2)c1. The molecule has 2 aromatic carbocycles. The van der Waals surface area contributed by atoms with Crippen LogP contribution < -0.4 is 15.8 Å². The number of benzene rings is 2. The summed E-state index contributed by atoms with van der Waals surface area (Å²) < 4.78 is 11.5. The molecule has 2 aromatic rings. The molecule has 1 atom stereocenters. The molecule has 1 heterocycles. The Morgan fingerprint density at radius 2 is 2.19 bits per heavy atom. The Kier molecular flexibility index (Phi) is 6.12. The number of guanidine groups is 1. The van der Waals surface area contributed by atoms with E-state index < -0.39 is 0 Å². The number of nitrogens with two attached hydrogens (primary N) is 1. The molecule has 0 bridgehead atoms. The third-order valence-electron chi connectivity index (χ3n) is 4.43. The van der Waals surface area contributed by atoms with Crippen LogP contribution in [0.25, 0.3) is 0 Å². The first-order valence-corrected chi connectivity index (χ1v) is 9.14. The summed E-state index contributed by atoms with van der Waals surface area (Å²) in [5.74, 6) is 1.26. The first kappa shape index (κ1) is 18.3. The molecule has 1 saturated heterocycles. The zero-order valence-electron chi connectivity index (χ0n) is 15.5. The fourth-order valence-corrected chi connectivity index (χ4v) is 2.91. The number of anilines is 1. The van der Waals surface area contributed by atoms with Crippen LogP contribution in [0.15, 0.2) is 47.5 Å². The Morgan fingerprint density at radius 3 is 2.96 bits per heavy atom. The van der Waals surface area contributed by atoms with Gasteiger partial charge in [-0.05, 0) is 42.7 Å². The molecule has 3 rings (SSSR count). The molecule has 0 amide bonds. The summed E-state index contributed by atoms with van der Waals surface area (Å²) >= 11 is 0. The summed E-state index contributed by atoms with van der Waals surface area (Å²) in [6.45, 7) is 6.06. The number of aryl methyl sites for hydroxylation is 2. The molecule has 1 unspecified atom stereocenters. The monoisotopic (exact) mass is 353 g/mol. The van der Waals surface area contributed by atoms with Crippen molar-refractivity contribution < 1.29 is 9.47 Å². The smallest absolute Gasteiger partial charge is 0.193 e. The minimum atomic E-state index is 0.117. The molecule has 1 fully saturated rings. The van der Waals surface area contributed by atoms with Crippen LogP contribution in [0, 0.1) is 6.92 Å². The number of nitrogens with zero attached hydrogens (tertiary/aromatic N) is 1. The molecule has 1 aliphatic rings. The molecule has 0 saturated carbocycles. The van der Waals surface area contributed by atoms with Gasteiger partial charge in [0.15, 0.2) is 5.96 Å². The second kappa shape index (κ2) is 8.72. The zero-order valence-corrected chi connectivity index (χ0v) is 15.5. The lowest BCUT2D eigenvalue weighted by Crippen LogP contribution is -2.22. The second-order valence-corrected chi connectivity index (χ2v) is 6.60. The average Bonchev–Trinajstić information content (AvgIpc) is 3.14. The third-order valence-corrected chi connectivity index (χ3v) is 4.43. The van der Waals surface area contributed by atoms with Gasteiger partial charge in [0.1, 0.15) is 11.9 Å². The summed E-state index contributed by atoms with van der Waals surface area (Å²) in [5.41, 5.74) is 10.5. The molecule has 0 aliphatic carbocycles. The largest absolute Gasteiger partial charge is 0.488 e. The molecule has 138 valence electrons. The van der Waals surface area contributed by atoms with Crippen LogP contribution in [0.3, 0.4) is 0 Å². The van der Waals surface area contributed by atoms with Crippen molar-refractivity contribution in [1.29, 1.82) is 0 Å². The van der Waals surface area contributed by atoms with Crippen LogP contribution >= 0.6 is 0 Å². The van der Waals surface area contributed by atoms with E-state index in [0.717, 1.165) is 42.0 Å². The fraction of sp³-hybridized carbons (Fsp3) is 0.381. The van der Waals surface area contributed by atoms with Gasteiger partial charge in [-0.2, -0.15) is 0 Å². The van der Waals surface area contributed by atoms with E-state index in [0.29, 0.717) is 19.1 Å². The van der Waals surface area contributed by atoms with E-state index >= 15 is 0 Å². The van der Waals surface area contributed by atoms with Gasteiger partial charge in [0.2, 0.25) is 0 Å². The summed E-state index contributed by atoms with van der Waals surface area (Å²) in [6.07, 6.45) is 2.03. The molecule has 5 heteroatoms. The van der Waals surface area contributed by atoms with Gasteiger partial charge < -0.3 is 20.5 Å². The van der Waals surface area contributed by atoms with Crippen molar-refractivity contribution in [2.45, 2.75) is 39.3 Å². The Labute approximate surface area is 155 Å². The number of nitrogens with one attached hydrogen (secondary N) is 1. The van der Waals surface area contributed by atoms with E-state index in [2.05, 4.69) is 54.5 Å². The lowest BCUT2D eigenvalue weighted by molar-refractivity contribution is 0.140. The standard InChI is InChI=1S/C21H27N3O2/c1-3-16-5-4-6-18(12-16)24-21(22)23-13-17-8-7-15(2)11-20(17)26-19-9-10-25-14-19/h4-8,11-12,19H,3,9-10,13-14H2,1-2H3,(H3,22,23,24). The molecule has 3 N–H and O–H groups in total. The molecule has 0 radical (unpaired) electrons. The number of rotatable bonds is 6. The van der Waals surface area contributed by atoms with Crippen molar-refractivity contribution >= 4 is 11.6 Å². The Balaban J connectivity index is 1.68. The second-order valence-electron chi connectivity index (χ2n) is 6.60. The highest BCUT2D eigenvalue weighted by Crippen LogP contribution is 2.24. The quantitative estimate of drug-likeness (QED) is 0.614. The normalized spacial score (nSPS) is 17.3. The predicted octanol–water partition coefficient (Wildman–Crippen LogP) is 3.65. The summed E-state index contributed by atoms with van der Waals surface area (Å²) in [5, 5.41) is 3.16. The van der Waals surface area contributed by atoms with Crippen LogP contribution in [0.1, 0.15) is 30.0 Å². The van der Waals surface area contributed by atoms with E-state index in [-0.39, 0.29) is 6.10 Å². The van der Waals surface area contributed by atoms with Gasteiger partial charge in [-0.1, -0.05) is 31.2 Å². The number of aliphatic imine (C=N–C) groups is 1. The number of hydrogen-bond acceptors (Lipinski definition) is 3. The molecule has 0 aromatic heterocycles. The van der Waals surface area contributed by atoms with Gasteiger partial charge in [0.25, 0.3) is 0 Å². The first-order valence-electron chi connectivity index (χ1n) is 9.14. The Morgan fingerprint density at radius 1 is 1.31 bits per heavy atom. The highest BCUT2D eigenvalue weighted by atomic mass is 16.5. The first-order chi connectivity index (χ1) is 12.6. The fourth-order valence-electron chi connectivity index (χ4n) is 2.91. The van der Waals surface area contributed by atoms with Crippen LogP contribution in [-0.2, 0) is 17.7 Å². The third kappa shape index (κ3) is 4.99. The minimum absolute atomic E-state index is 0.117. The lowest BCUT2D eigenvalue weighted by atomic mass is 10.1. The van der Waals surface area contributed by atoms with Crippen molar-refractivity contribution in [2.24, 2.45) is 10.7 Å². The van der Waals surface area contributed by atoms with Gasteiger partial charge in [-0.25, -0.2) is 4.99 Å². The highest BCUT2D eigenvalue weighted by Gasteiger charge is 2.18. The molecule has 0 spiro atoms. The lowest BCUT2D eigenvalue weighted by Gasteiger charge is -2.16. The van der Waals surface area contributed by atoms with E-state index in [1.807, 2.05) is 12.1 Å². The Hall–Kier alpha value is -2.53. The van der Waals surface area contributed by atoms with Crippen molar-refractivity contribution in [3.05, 3.63) is 59.2 Å². The topological polar surface area (TPSA) is 68.9 Å². The maximum absolute atomic E-state index is 6.11. The van der Waals surface area contributed by atoms with Gasteiger partial charge in [0, 0.05) is 17.7 Å². The molecule has 5 nitrogen and oxygen atoms in total. The summed E-state index contributed by atoms with van der Waals surface area (Å²) in [4.78, 5) is 4.48. The maximum Gasteiger partial charge on any atom is 0.193 e. The van der Waals surface area contributed by atoms with Crippen LogP contribution in [-0.4, -0.2) is 25.3 Å². The van der Waals surface area contributed by atoms with Crippen molar-refractivity contribution in [3.8, 4) is 5.75 Å². The summed E-state index contributed by atoms with van der Waals surface area (Å²) in [7, 11) is 0. The average molecular weight is 353 g/mol. The molecular weight excluding hydrogens is 326 g/mol. The van der Waals surface area contributed by atoms with Gasteiger partial charge in [0.05, 0.1) is 19.8 Å². The van der Waals surface area contributed by atoms with Gasteiger partial charge >= 0.3 is 0 Å². The molecule has 1 aliphatic heterocycles. The van der Waals surface area contributed by atoms with Crippen LogP contribution in [0.2, 0.25) is 0 Å². The van der Waals surface area contributed by atoms with Crippen LogP contribution in [0.5, 0.6) is 5.75 Å². The molecular formula is C21H27N3O2. The van der Waals surface area contributed by atoms with Gasteiger partial charge in [-0.3, -0.25) is 0 Å². The van der Waals surface area contributed by atoms with E-state index in [1.165, 1.54) is 5.56 Å². The van der Waals surface area contributed by atoms with E-state index in [4.69, 9.17) is 15.2 Å². The van der Waals surface area contributed by atoms with Crippen molar-refractivity contribution in [3.63, 3.8) is 0 Å².